The Bertz CT molecular complexity index is 511. The normalized spacial score (nSPS) is 10.0. The number of rotatable bonds is 9. The smallest absolute Gasteiger partial charge is 0.303 e. The molecule has 0 bridgehead atoms. The third-order valence-electron chi connectivity index (χ3n) is 3.03. The molecule has 120 valence electrons. The van der Waals surface area contributed by atoms with Crippen molar-refractivity contribution in [2.45, 2.75) is 39.0 Å². The lowest BCUT2D eigenvalue weighted by Crippen LogP contribution is -2.24. The van der Waals surface area contributed by atoms with E-state index < -0.39 is 5.97 Å². The van der Waals surface area contributed by atoms with Gasteiger partial charge in [-0.2, -0.15) is 0 Å². The molecule has 3 N–H and O–H groups in total. The van der Waals surface area contributed by atoms with E-state index in [2.05, 4.69) is 10.6 Å². The van der Waals surface area contributed by atoms with E-state index in [0.29, 0.717) is 19.4 Å². The Morgan fingerprint density at radius 3 is 2.32 bits per heavy atom. The van der Waals surface area contributed by atoms with Crippen LogP contribution in [0, 0.1) is 0 Å². The SMILES string of the molecule is CC(=O)Nc1ccc(CCCC(=O)NCCCC(=O)O)cc1. The largest absolute Gasteiger partial charge is 0.481 e. The minimum atomic E-state index is -0.850. The summed E-state index contributed by atoms with van der Waals surface area (Å²) in [4.78, 5) is 32.8. The van der Waals surface area contributed by atoms with Gasteiger partial charge in [-0.15, -0.1) is 0 Å². The molecular formula is C16H22N2O4. The number of carboxylic acid groups (broad SMARTS) is 1. The van der Waals surface area contributed by atoms with Crippen LogP contribution >= 0.6 is 0 Å². The monoisotopic (exact) mass is 306 g/mol. The fourth-order valence-corrected chi connectivity index (χ4v) is 1.97. The average Bonchev–Trinajstić information content (AvgIpc) is 2.45. The zero-order chi connectivity index (χ0) is 16.4. The van der Waals surface area contributed by atoms with Gasteiger partial charge in [-0.25, -0.2) is 0 Å². The van der Waals surface area contributed by atoms with E-state index in [1.54, 1.807) is 0 Å². The Balaban J connectivity index is 2.19. The summed E-state index contributed by atoms with van der Waals surface area (Å²) in [6.07, 6.45) is 2.44. The van der Waals surface area contributed by atoms with E-state index in [-0.39, 0.29) is 18.2 Å². The Hall–Kier alpha value is -2.37. The molecule has 1 aromatic rings. The van der Waals surface area contributed by atoms with Crippen LogP contribution in [0.3, 0.4) is 0 Å². The number of carbonyl (C=O) groups is 3. The van der Waals surface area contributed by atoms with E-state index >= 15 is 0 Å². The molecule has 22 heavy (non-hydrogen) atoms. The van der Waals surface area contributed by atoms with Gasteiger partial charge in [-0.1, -0.05) is 12.1 Å². The van der Waals surface area contributed by atoms with Crippen LogP contribution in [0.15, 0.2) is 24.3 Å². The average molecular weight is 306 g/mol. The van der Waals surface area contributed by atoms with Crippen molar-refractivity contribution in [2.24, 2.45) is 0 Å². The lowest BCUT2D eigenvalue weighted by molar-refractivity contribution is -0.137. The van der Waals surface area contributed by atoms with Gasteiger partial charge in [-0.3, -0.25) is 14.4 Å². The van der Waals surface area contributed by atoms with Crippen molar-refractivity contribution in [2.75, 3.05) is 11.9 Å². The summed E-state index contributed by atoms with van der Waals surface area (Å²) >= 11 is 0. The van der Waals surface area contributed by atoms with Gasteiger partial charge in [0.15, 0.2) is 0 Å². The summed E-state index contributed by atoms with van der Waals surface area (Å²) < 4.78 is 0. The van der Waals surface area contributed by atoms with Crippen molar-refractivity contribution in [1.82, 2.24) is 5.32 Å². The van der Waals surface area contributed by atoms with Crippen LogP contribution < -0.4 is 10.6 Å². The van der Waals surface area contributed by atoms with Crippen molar-refractivity contribution in [3.05, 3.63) is 29.8 Å². The second-order valence-corrected chi connectivity index (χ2v) is 5.08. The summed E-state index contributed by atoms with van der Waals surface area (Å²) in [5.74, 6) is -1.01. The summed E-state index contributed by atoms with van der Waals surface area (Å²) in [6.45, 7) is 1.86. The standard InChI is InChI=1S/C16H22N2O4/c1-12(19)18-14-9-7-13(8-10-14)4-2-5-15(20)17-11-3-6-16(21)22/h7-10H,2-6,11H2,1H3,(H,17,20)(H,18,19)(H,21,22). The lowest BCUT2D eigenvalue weighted by atomic mass is 10.1. The number of anilines is 1. The topological polar surface area (TPSA) is 95.5 Å². The van der Waals surface area contributed by atoms with E-state index in [0.717, 1.165) is 24.1 Å². The lowest BCUT2D eigenvalue weighted by Gasteiger charge is -2.06. The molecule has 0 aliphatic rings. The molecule has 0 saturated heterocycles. The van der Waals surface area contributed by atoms with Gasteiger partial charge < -0.3 is 15.7 Å². The maximum atomic E-state index is 11.5. The number of carbonyl (C=O) groups excluding carboxylic acids is 2. The Morgan fingerprint density at radius 1 is 1.05 bits per heavy atom. The number of aliphatic carboxylic acids is 1. The summed E-state index contributed by atoms with van der Waals surface area (Å²) in [5.41, 5.74) is 1.86. The van der Waals surface area contributed by atoms with Crippen LogP contribution in [0.1, 0.15) is 38.2 Å². The molecule has 6 heteroatoms. The molecular weight excluding hydrogens is 284 g/mol. The molecule has 0 heterocycles. The Kier molecular flexibility index (Phi) is 7.67. The molecule has 6 nitrogen and oxygen atoms in total. The van der Waals surface area contributed by atoms with Crippen molar-refractivity contribution in [3.63, 3.8) is 0 Å². The molecule has 0 unspecified atom stereocenters. The highest BCUT2D eigenvalue weighted by molar-refractivity contribution is 5.88. The third-order valence-corrected chi connectivity index (χ3v) is 3.03. The van der Waals surface area contributed by atoms with Gasteiger partial charge in [0.2, 0.25) is 11.8 Å². The molecule has 0 saturated carbocycles. The number of carboxylic acids is 1. The van der Waals surface area contributed by atoms with Gasteiger partial charge >= 0.3 is 5.97 Å². The van der Waals surface area contributed by atoms with Crippen molar-refractivity contribution < 1.29 is 19.5 Å². The third kappa shape index (κ3) is 8.04. The summed E-state index contributed by atoms with van der Waals surface area (Å²) in [7, 11) is 0. The predicted octanol–water partition coefficient (Wildman–Crippen LogP) is 1.95. The van der Waals surface area contributed by atoms with E-state index in [1.165, 1.54) is 6.92 Å². The van der Waals surface area contributed by atoms with E-state index in [4.69, 9.17) is 5.11 Å². The Labute approximate surface area is 129 Å². The molecule has 2 amide bonds. The summed E-state index contributed by atoms with van der Waals surface area (Å²) in [5, 5.41) is 13.9. The van der Waals surface area contributed by atoms with Crippen molar-refractivity contribution >= 4 is 23.5 Å². The second-order valence-electron chi connectivity index (χ2n) is 5.08. The Morgan fingerprint density at radius 2 is 1.73 bits per heavy atom. The van der Waals surface area contributed by atoms with Gasteiger partial charge in [0.1, 0.15) is 0 Å². The zero-order valence-electron chi connectivity index (χ0n) is 12.7. The molecule has 0 aliphatic carbocycles. The van der Waals surface area contributed by atoms with Crippen molar-refractivity contribution in [3.8, 4) is 0 Å². The second kappa shape index (κ2) is 9.55. The quantitative estimate of drug-likeness (QED) is 0.608. The van der Waals surface area contributed by atoms with Gasteiger partial charge in [0.05, 0.1) is 0 Å². The van der Waals surface area contributed by atoms with Gasteiger partial charge in [0, 0.05) is 32.0 Å². The van der Waals surface area contributed by atoms with E-state index in [9.17, 15) is 14.4 Å². The van der Waals surface area contributed by atoms with Gasteiger partial charge in [0.25, 0.3) is 0 Å². The number of amides is 2. The van der Waals surface area contributed by atoms with Crippen LogP contribution in [0.4, 0.5) is 5.69 Å². The molecule has 0 spiro atoms. The van der Waals surface area contributed by atoms with Gasteiger partial charge in [-0.05, 0) is 37.0 Å². The minimum absolute atomic E-state index is 0.0553. The van der Waals surface area contributed by atoms with Crippen LogP contribution in [0.2, 0.25) is 0 Å². The first-order valence-corrected chi connectivity index (χ1v) is 7.32. The fourth-order valence-electron chi connectivity index (χ4n) is 1.97. The molecule has 0 radical (unpaired) electrons. The highest BCUT2D eigenvalue weighted by atomic mass is 16.4. The maximum Gasteiger partial charge on any atom is 0.303 e. The first-order chi connectivity index (χ1) is 10.5. The summed E-state index contributed by atoms with van der Waals surface area (Å²) in [6, 6.07) is 7.53. The molecule has 0 aliphatic heterocycles. The van der Waals surface area contributed by atoms with E-state index in [1.807, 2.05) is 24.3 Å². The number of aryl methyl sites for hydroxylation is 1. The maximum absolute atomic E-state index is 11.5. The van der Waals surface area contributed by atoms with Crippen LogP contribution in [-0.2, 0) is 20.8 Å². The first kappa shape index (κ1) is 17.7. The molecule has 0 atom stereocenters. The first-order valence-electron chi connectivity index (χ1n) is 7.32. The van der Waals surface area contributed by atoms with Crippen LogP contribution in [0.25, 0.3) is 0 Å². The highest BCUT2D eigenvalue weighted by Gasteiger charge is 2.03. The van der Waals surface area contributed by atoms with Crippen LogP contribution in [-0.4, -0.2) is 29.4 Å². The predicted molar refractivity (Wildman–Crippen MR) is 83.6 cm³/mol. The van der Waals surface area contributed by atoms with Crippen molar-refractivity contribution in [1.29, 1.82) is 0 Å². The molecule has 0 aromatic heterocycles. The molecule has 1 rings (SSSR count). The number of nitrogens with one attached hydrogen (secondary N) is 2. The molecule has 0 fully saturated rings. The fraction of sp³-hybridized carbons (Fsp3) is 0.438. The van der Waals surface area contributed by atoms with Crippen LogP contribution in [0.5, 0.6) is 0 Å². The highest BCUT2D eigenvalue weighted by Crippen LogP contribution is 2.11. The number of benzene rings is 1. The number of hydrogen-bond donors (Lipinski definition) is 3. The number of hydrogen-bond acceptors (Lipinski definition) is 3. The zero-order valence-corrected chi connectivity index (χ0v) is 12.7. The minimum Gasteiger partial charge on any atom is -0.481 e. The molecule has 1 aromatic carbocycles.